The minimum atomic E-state index is -0.755. The van der Waals surface area contributed by atoms with E-state index in [9.17, 15) is 14.0 Å². The monoisotopic (exact) mass is 381 g/mol. The molecular formula is C22H24FN3O2. The maximum Gasteiger partial charge on any atom is 0.246 e. The number of rotatable bonds is 6. The van der Waals surface area contributed by atoms with Crippen LogP contribution in [0.3, 0.4) is 0 Å². The van der Waals surface area contributed by atoms with Crippen molar-refractivity contribution < 1.29 is 14.0 Å². The number of nitrogens with zero attached hydrogens (tertiary/aromatic N) is 1. The standard InChI is InChI=1S/C22H24FN3O2/c1-16(24-21(27)12-9-17-7-3-2-4-8-17)22(28)25-18-10-11-20(19(23)15-18)26-13-5-6-14-26/h2-4,7-12,15-16H,5-6,13-14H2,1H3,(H,24,27)(H,25,28)/b12-9+. The second-order valence-corrected chi connectivity index (χ2v) is 6.82. The third-order valence-corrected chi connectivity index (χ3v) is 4.64. The van der Waals surface area contributed by atoms with Crippen LogP contribution in [0, 0.1) is 5.82 Å². The Labute approximate surface area is 164 Å². The zero-order valence-electron chi connectivity index (χ0n) is 15.8. The number of hydrogen-bond acceptors (Lipinski definition) is 3. The van der Waals surface area contributed by atoms with E-state index in [1.165, 1.54) is 12.1 Å². The number of nitrogens with one attached hydrogen (secondary N) is 2. The van der Waals surface area contributed by atoms with Crippen LogP contribution in [-0.4, -0.2) is 30.9 Å². The molecule has 1 unspecified atom stereocenters. The minimum absolute atomic E-state index is 0.359. The average Bonchev–Trinajstić information content (AvgIpc) is 3.21. The van der Waals surface area contributed by atoms with Gasteiger partial charge >= 0.3 is 0 Å². The second kappa shape index (κ2) is 9.17. The van der Waals surface area contributed by atoms with Gasteiger partial charge in [0.2, 0.25) is 11.8 Å². The predicted octanol–water partition coefficient (Wildman–Crippen LogP) is 3.58. The molecule has 0 saturated carbocycles. The van der Waals surface area contributed by atoms with Crippen LogP contribution in [-0.2, 0) is 9.59 Å². The number of benzene rings is 2. The third kappa shape index (κ3) is 5.19. The predicted molar refractivity (Wildman–Crippen MR) is 110 cm³/mol. The second-order valence-electron chi connectivity index (χ2n) is 6.82. The number of carbonyl (C=O) groups excluding carboxylic acids is 2. The molecule has 6 heteroatoms. The van der Waals surface area contributed by atoms with Gasteiger partial charge in [-0.1, -0.05) is 30.3 Å². The summed E-state index contributed by atoms with van der Waals surface area (Å²) in [7, 11) is 0. The fraction of sp³-hybridized carbons (Fsp3) is 0.273. The molecular weight excluding hydrogens is 357 g/mol. The Morgan fingerprint density at radius 2 is 1.82 bits per heavy atom. The summed E-state index contributed by atoms with van der Waals surface area (Å²) < 4.78 is 14.4. The highest BCUT2D eigenvalue weighted by Crippen LogP contribution is 2.26. The fourth-order valence-electron chi connectivity index (χ4n) is 3.11. The van der Waals surface area contributed by atoms with E-state index in [1.807, 2.05) is 35.2 Å². The van der Waals surface area contributed by atoms with Crippen molar-refractivity contribution in [3.8, 4) is 0 Å². The van der Waals surface area contributed by atoms with E-state index in [0.717, 1.165) is 31.5 Å². The number of carbonyl (C=O) groups is 2. The third-order valence-electron chi connectivity index (χ3n) is 4.64. The van der Waals surface area contributed by atoms with Gasteiger partial charge in [0.25, 0.3) is 0 Å². The molecule has 0 aliphatic carbocycles. The van der Waals surface area contributed by atoms with Gasteiger partial charge in [-0.2, -0.15) is 0 Å². The Morgan fingerprint density at radius 1 is 1.11 bits per heavy atom. The van der Waals surface area contributed by atoms with Crippen molar-refractivity contribution in [3.63, 3.8) is 0 Å². The van der Waals surface area contributed by atoms with Gasteiger partial charge in [-0.3, -0.25) is 9.59 Å². The van der Waals surface area contributed by atoms with Crippen molar-refractivity contribution in [2.45, 2.75) is 25.8 Å². The van der Waals surface area contributed by atoms with Crippen molar-refractivity contribution in [1.29, 1.82) is 0 Å². The molecule has 1 saturated heterocycles. The van der Waals surface area contributed by atoms with Crippen molar-refractivity contribution in [2.24, 2.45) is 0 Å². The molecule has 1 fully saturated rings. The van der Waals surface area contributed by atoms with Crippen LogP contribution in [0.4, 0.5) is 15.8 Å². The molecule has 1 heterocycles. The van der Waals surface area contributed by atoms with Crippen LogP contribution in [0.1, 0.15) is 25.3 Å². The van der Waals surface area contributed by atoms with E-state index in [-0.39, 0.29) is 11.7 Å². The van der Waals surface area contributed by atoms with E-state index >= 15 is 0 Å². The molecule has 5 nitrogen and oxygen atoms in total. The van der Waals surface area contributed by atoms with Crippen LogP contribution in [0.15, 0.2) is 54.6 Å². The quantitative estimate of drug-likeness (QED) is 0.752. The Balaban J connectivity index is 1.54. The molecule has 2 aromatic rings. The van der Waals surface area contributed by atoms with E-state index in [4.69, 9.17) is 0 Å². The Hall–Kier alpha value is -3.15. The highest BCUT2D eigenvalue weighted by atomic mass is 19.1. The number of hydrogen-bond donors (Lipinski definition) is 2. The Bertz CT molecular complexity index is 861. The summed E-state index contributed by atoms with van der Waals surface area (Å²) in [6, 6.07) is 13.3. The Kier molecular flexibility index (Phi) is 6.42. The molecule has 0 spiro atoms. The lowest BCUT2D eigenvalue weighted by Crippen LogP contribution is -2.40. The topological polar surface area (TPSA) is 61.4 Å². The summed E-state index contributed by atoms with van der Waals surface area (Å²) in [5, 5.41) is 5.24. The van der Waals surface area contributed by atoms with E-state index < -0.39 is 11.9 Å². The van der Waals surface area contributed by atoms with Gasteiger partial charge in [-0.05, 0) is 49.6 Å². The number of anilines is 2. The summed E-state index contributed by atoms with van der Waals surface area (Å²) in [4.78, 5) is 26.3. The highest BCUT2D eigenvalue weighted by Gasteiger charge is 2.18. The Morgan fingerprint density at radius 3 is 2.50 bits per heavy atom. The molecule has 1 aliphatic heterocycles. The smallest absolute Gasteiger partial charge is 0.246 e. The van der Waals surface area contributed by atoms with Crippen molar-refractivity contribution in [2.75, 3.05) is 23.3 Å². The molecule has 3 rings (SSSR count). The molecule has 0 bridgehead atoms. The molecule has 0 aromatic heterocycles. The van der Waals surface area contributed by atoms with E-state index in [1.54, 1.807) is 25.1 Å². The van der Waals surface area contributed by atoms with Gasteiger partial charge in [-0.25, -0.2) is 4.39 Å². The summed E-state index contributed by atoms with van der Waals surface area (Å²) in [5.74, 6) is -1.14. The maximum absolute atomic E-state index is 14.4. The SMILES string of the molecule is CC(NC(=O)/C=C/c1ccccc1)C(=O)Nc1ccc(N2CCCC2)c(F)c1. The van der Waals surface area contributed by atoms with Crippen LogP contribution < -0.4 is 15.5 Å². The van der Waals surface area contributed by atoms with Crippen LogP contribution in [0.2, 0.25) is 0 Å². The molecule has 146 valence electrons. The fourth-order valence-corrected chi connectivity index (χ4v) is 3.11. The first-order valence-electron chi connectivity index (χ1n) is 9.42. The first-order chi connectivity index (χ1) is 13.5. The lowest BCUT2D eigenvalue weighted by molar-refractivity contribution is -0.123. The molecule has 28 heavy (non-hydrogen) atoms. The van der Waals surface area contributed by atoms with Crippen LogP contribution >= 0.6 is 0 Å². The molecule has 2 N–H and O–H groups in total. The van der Waals surface area contributed by atoms with Gasteiger partial charge in [0, 0.05) is 24.9 Å². The normalized spacial score (nSPS) is 14.9. The lowest BCUT2D eigenvalue weighted by atomic mass is 10.2. The number of amides is 2. The first kappa shape index (κ1) is 19.6. The lowest BCUT2D eigenvalue weighted by Gasteiger charge is -2.19. The van der Waals surface area contributed by atoms with Crippen molar-refractivity contribution in [3.05, 3.63) is 66.0 Å². The summed E-state index contributed by atoms with van der Waals surface area (Å²) >= 11 is 0. The molecule has 2 amide bonds. The number of halogens is 1. The zero-order chi connectivity index (χ0) is 19.9. The first-order valence-corrected chi connectivity index (χ1v) is 9.42. The average molecular weight is 381 g/mol. The summed E-state index contributed by atoms with van der Waals surface area (Å²) in [6.07, 6.45) is 5.18. The van der Waals surface area contributed by atoms with Gasteiger partial charge in [0.15, 0.2) is 0 Å². The van der Waals surface area contributed by atoms with E-state index in [0.29, 0.717) is 11.4 Å². The molecule has 1 aliphatic rings. The van der Waals surface area contributed by atoms with Gasteiger partial charge < -0.3 is 15.5 Å². The molecule has 2 aromatic carbocycles. The summed E-state index contributed by atoms with van der Waals surface area (Å²) in [6.45, 7) is 3.28. The molecule has 0 radical (unpaired) electrons. The zero-order valence-corrected chi connectivity index (χ0v) is 15.8. The minimum Gasteiger partial charge on any atom is -0.369 e. The maximum atomic E-state index is 14.4. The van der Waals surface area contributed by atoms with Gasteiger partial charge in [-0.15, -0.1) is 0 Å². The summed E-state index contributed by atoms with van der Waals surface area (Å²) in [5.41, 5.74) is 1.82. The van der Waals surface area contributed by atoms with Gasteiger partial charge in [0.05, 0.1) is 5.69 Å². The van der Waals surface area contributed by atoms with Crippen LogP contribution in [0.5, 0.6) is 0 Å². The largest absolute Gasteiger partial charge is 0.369 e. The van der Waals surface area contributed by atoms with Crippen molar-refractivity contribution in [1.82, 2.24) is 5.32 Å². The molecule has 1 atom stereocenters. The van der Waals surface area contributed by atoms with Gasteiger partial charge in [0.1, 0.15) is 11.9 Å². The highest BCUT2D eigenvalue weighted by molar-refractivity contribution is 5.99. The van der Waals surface area contributed by atoms with E-state index in [2.05, 4.69) is 10.6 Å². The van der Waals surface area contributed by atoms with Crippen molar-refractivity contribution >= 4 is 29.3 Å². The van der Waals surface area contributed by atoms with Crippen LogP contribution in [0.25, 0.3) is 6.08 Å².